The highest BCUT2D eigenvalue weighted by Gasteiger charge is 1.99. The van der Waals surface area contributed by atoms with Crippen molar-refractivity contribution in [2.45, 2.75) is 4.90 Å². The second-order valence-corrected chi connectivity index (χ2v) is 3.12. The number of hydrogen-bond acceptors (Lipinski definition) is 3. The van der Waals surface area contributed by atoms with E-state index in [1.165, 1.54) is 11.8 Å². The summed E-state index contributed by atoms with van der Waals surface area (Å²) < 4.78 is 4.90. The molecule has 0 aliphatic carbocycles. The highest BCUT2D eigenvalue weighted by atomic mass is 32.2. The molecule has 2 nitrogen and oxygen atoms in total. The maximum atomic E-state index is 8.71. The maximum absolute atomic E-state index is 8.71. The molecule has 0 radical (unpaired) electrons. The van der Waals surface area contributed by atoms with E-state index >= 15 is 0 Å². The van der Waals surface area contributed by atoms with Crippen molar-refractivity contribution in [3.8, 4) is 6.07 Å². The average molecular weight is 179 g/mol. The largest absolute Gasteiger partial charge is 0.374 e. The molecule has 0 unspecified atom stereocenters. The van der Waals surface area contributed by atoms with Gasteiger partial charge in [-0.2, -0.15) is 5.26 Å². The van der Waals surface area contributed by atoms with Crippen molar-refractivity contribution in [1.29, 1.82) is 5.26 Å². The molecule has 1 aromatic rings. The number of methoxy groups -OCH3 is 1. The Balaban J connectivity index is 2.77. The summed E-state index contributed by atoms with van der Waals surface area (Å²) in [6.45, 7) is 0. The predicted molar refractivity (Wildman–Crippen MR) is 48.9 cm³/mol. The molecule has 0 amide bonds. The molecule has 0 spiro atoms. The third-order valence-corrected chi connectivity index (χ3v) is 2.36. The van der Waals surface area contributed by atoms with Gasteiger partial charge >= 0.3 is 0 Å². The summed E-state index contributed by atoms with van der Waals surface area (Å²) in [5.74, 6) is 0.582. The highest BCUT2D eigenvalue weighted by Crippen LogP contribution is 2.21. The Labute approximate surface area is 76.2 Å². The van der Waals surface area contributed by atoms with Crippen LogP contribution in [0.5, 0.6) is 0 Å². The minimum atomic E-state index is 0.582. The van der Waals surface area contributed by atoms with E-state index in [2.05, 4.69) is 6.07 Å². The standard InChI is InChI=1S/C9H9NOS/c1-11-7-12-9-5-3-2-4-8(9)6-10/h2-5H,7H2,1H3. The molecule has 0 heterocycles. The molecule has 0 aliphatic rings. The Kier molecular flexibility index (Phi) is 3.65. The minimum absolute atomic E-state index is 0.582. The van der Waals surface area contributed by atoms with E-state index in [-0.39, 0.29) is 0 Å². The van der Waals surface area contributed by atoms with Gasteiger partial charge in [0.05, 0.1) is 11.5 Å². The fraction of sp³-hybridized carbons (Fsp3) is 0.222. The number of rotatable bonds is 3. The van der Waals surface area contributed by atoms with Gasteiger partial charge in [-0.15, -0.1) is 0 Å². The smallest absolute Gasteiger partial charge is 0.100 e. The van der Waals surface area contributed by atoms with E-state index in [0.29, 0.717) is 11.5 Å². The van der Waals surface area contributed by atoms with Crippen LogP contribution in [0.4, 0.5) is 0 Å². The van der Waals surface area contributed by atoms with Gasteiger partial charge in [0.2, 0.25) is 0 Å². The van der Waals surface area contributed by atoms with Crippen molar-refractivity contribution in [3.63, 3.8) is 0 Å². The van der Waals surface area contributed by atoms with Crippen LogP contribution in [0.3, 0.4) is 0 Å². The number of hydrogen-bond donors (Lipinski definition) is 0. The molecule has 0 saturated carbocycles. The SMILES string of the molecule is COCSc1ccccc1C#N. The lowest BCUT2D eigenvalue weighted by molar-refractivity contribution is 0.259. The van der Waals surface area contributed by atoms with E-state index < -0.39 is 0 Å². The molecule has 1 rings (SSSR count). The Morgan fingerprint density at radius 1 is 1.50 bits per heavy atom. The molecule has 0 atom stereocenters. The summed E-state index contributed by atoms with van der Waals surface area (Å²) in [7, 11) is 1.64. The average Bonchev–Trinajstić information content (AvgIpc) is 2.15. The monoisotopic (exact) mass is 179 g/mol. The van der Waals surface area contributed by atoms with Crippen LogP contribution < -0.4 is 0 Å². The van der Waals surface area contributed by atoms with Crippen LogP contribution in [0.25, 0.3) is 0 Å². The predicted octanol–water partition coefficient (Wildman–Crippen LogP) is 2.25. The summed E-state index contributed by atoms with van der Waals surface area (Å²) in [6.07, 6.45) is 0. The molecular weight excluding hydrogens is 170 g/mol. The van der Waals surface area contributed by atoms with Gasteiger partial charge in [-0.3, -0.25) is 0 Å². The van der Waals surface area contributed by atoms with Crippen molar-refractivity contribution in [2.75, 3.05) is 13.0 Å². The number of thioether (sulfide) groups is 1. The van der Waals surface area contributed by atoms with Gasteiger partial charge in [0.25, 0.3) is 0 Å². The summed E-state index contributed by atoms with van der Waals surface area (Å²) in [4.78, 5) is 0.974. The van der Waals surface area contributed by atoms with Gasteiger partial charge in [-0.1, -0.05) is 23.9 Å². The second-order valence-electron chi connectivity index (χ2n) is 2.16. The van der Waals surface area contributed by atoms with Crippen molar-refractivity contribution >= 4 is 11.8 Å². The first-order valence-corrected chi connectivity index (χ1v) is 4.48. The summed E-state index contributed by atoms with van der Waals surface area (Å²) in [5.41, 5.74) is 0.708. The Bertz CT molecular complexity index is 293. The van der Waals surface area contributed by atoms with Crippen LogP contribution >= 0.6 is 11.8 Å². The molecular formula is C9H9NOS. The molecule has 1 aromatic carbocycles. The van der Waals surface area contributed by atoms with Crippen LogP contribution in [0.15, 0.2) is 29.2 Å². The zero-order chi connectivity index (χ0) is 8.81. The fourth-order valence-corrected chi connectivity index (χ4v) is 1.50. The molecule has 62 valence electrons. The molecule has 0 N–H and O–H groups in total. The quantitative estimate of drug-likeness (QED) is 0.527. The van der Waals surface area contributed by atoms with Gasteiger partial charge in [0.1, 0.15) is 6.07 Å². The Morgan fingerprint density at radius 2 is 2.25 bits per heavy atom. The van der Waals surface area contributed by atoms with Crippen molar-refractivity contribution < 1.29 is 4.74 Å². The zero-order valence-corrected chi connectivity index (χ0v) is 7.60. The lowest BCUT2D eigenvalue weighted by Crippen LogP contribution is -1.84. The third-order valence-electron chi connectivity index (χ3n) is 1.34. The van der Waals surface area contributed by atoms with Crippen molar-refractivity contribution in [2.24, 2.45) is 0 Å². The fourth-order valence-electron chi connectivity index (χ4n) is 0.807. The maximum Gasteiger partial charge on any atom is 0.100 e. The first-order valence-electron chi connectivity index (χ1n) is 3.49. The van der Waals surface area contributed by atoms with Gasteiger partial charge in [0.15, 0.2) is 0 Å². The molecule has 3 heteroatoms. The van der Waals surface area contributed by atoms with Gasteiger partial charge < -0.3 is 4.74 Å². The topological polar surface area (TPSA) is 33.0 Å². The lowest BCUT2D eigenvalue weighted by atomic mass is 10.2. The molecule has 0 fully saturated rings. The van der Waals surface area contributed by atoms with Crippen molar-refractivity contribution in [1.82, 2.24) is 0 Å². The van der Waals surface area contributed by atoms with Gasteiger partial charge in [-0.25, -0.2) is 0 Å². The van der Waals surface area contributed by atoms with Gasteiger partial charge in [-0.05, 0) is 12.1 Å². The summed E-state index contributed by atoms with van der Waals surface area (Å²) in [5, 5.41) is 8.71. The highest BCUT2D eigenvalue weighted by molar-refractivity contribution is 7.99. The van der Waals surface area contributed by atoms with Crippen LogP contribution in [-0.2, 0) is 4.74 Å². The van der Waals surface area contributed by atoms with Crippen LogP contribution in [0, 0.1) is 11.3 Å². The molecule has 0 bridgehead atoms. The Hall–Kier alpha value is -0.980. The number of nitrogens with zero attached hydrogens (tertiary/aromatic N) is 1. The summed E-state index contributed by atoms with van der Waals surface area (Å²) in [6, 6.07) is 9.62. The van der Waals surface area contributed by atoms with Crippen LogP contribution in [0.2, 0.25) is 0 Å². The van der Waals surface area contributed by atoms with E-state index in [4.69, 9.17) is 10.00 Å². The number of nitriles is 1. The first-order chi connectivity index (χ1) is 5.88. The molecule has 0 aromatic heterocycles. The molecule has 12 heavy (non-hydrogen) atoms. The van der Waals surface area contributed by atoms with E-state index in [9.17, 15) is 0 Å². The second kappa shape index (κ2) is 4.81. The normalized spacial score (nSPS) is 9.33. The molecule has 0 saturated heterocycles. The van der Waals surface area contributed by atoms with Crippen LogP contribution in [-0.4, -0.2) is 13.0 Å². The van der Waals surface area contributed by atoms with E-state index in [1.54, 1.807) is 13.2 Å². The number of ether oxygens (including phenoxy) is 1. The number of benzene rings is 1. The Morgan fingerprint density at radius 3 is 2.92 bits per heavy atom. The van der Waals surface area contributed by atoms with E-state index in [0.717, 1.165) is 4.90 Å². The zero-order valence-electron chi connectivity index (χ0n) is 6.78. The molecule has 0 aliphatic heterocycles. The van der Waals surface area contributed by atoms with Gasteiger partial charge in [0, 0.05) is 12.0 Å². The first kappa shape index (κ1) is 9.11. The van der Waals surface area contributed by atoms with Crippen LogP contribution in [0.1, 0.15) is 5.56 Å². The van der Waals surface area contributed by atoms with Crippen molar-refractivity contribution in [3.05, 3.63) is 29.8 Å². The third kappa shape index (κ3) is 2.26. The van der Waals surface area contributed by atoms with E-state index in [1.807, 2.05) is 18.2 Å². The summed E-state index contributed by atoms with van der Waals surface area (Å²) >= 11 is 1.53. The minimum Gasteiger partial charge on any atom is -0.374 e. The lowest BCUT2D eigenvalue weighted by Gasteiger charge is -2.00.